The van der Waals surface area contributed by atoms with Crippen LogP contribution in [-0.4, -0.2) is 18.7 Å². The Morgan fingerprint density at radius 1 is 1.09 bits per heavy atom. The smallest absolute Gasteiger partial charge is 0.259 e. The lowest BCUT2D eigenvalue weighted by Gasteiger charge is -2.08. The number of para-hydroxylation sites is 1. The van der Waals surface area contributed by atoms with Crippen molar-refractivity contribution >= 4 is 17.8 Å². The van der Waals surface area contributed by atoms with E-state index in [2.05, 4.69) is 21.9 Å². The van der Waals surface area contributed by atoms with Crippen LogP contribution in [0.3, 0.4) is 0 Å². The number of hydrazone groups is 1. The van der Waals surface area contributed by atoms with Gasteiger partial charge in [-0.25, -0.2) is 5.43 Å². The number of aryl methyl sites for hydroxylation is 3. The van der Waals surface area contributed by atoms with E-state index in [9.17, 15) is 4.79 Å². The number of hydrogen-bond acceptors (Lipinski definition) is 3. The Morgan fingerprint density at radius 3 is 2.59 bits per heavy atom. The predicted molar refractivity (Wildman–Crippen MR) is 91.3 cm³/mol. The zero-order valence-electron chi connectivity index (χ0n) is 13.2. The third-order valence-corrected chi connectivity index (χ3v) is 3.40. The molecule has 0 unspecified atom stereocenters. The highest BCUT2D eigenvalue weighted by molar-refractivity contribution is 5.85. The molecule has 0 heterocycles. The molecule has 2 rings (SSSR count). The molecule has 0 atom stereocenters. The molecule has 0 aromatic heterocycles. The molecule has 4 nitrogen and oxygen atoms in total. The first-order valence-electron chi connectivity index (χ1n) is 7.25. The fourth-order valence-electron chi connectivity index (χ4n) is 2.13. The molecule has 0 radical (unpaired) electrons. The quantitative estimate of drug-likeness (QED) is 0.657. The van der Waals surface area contributed by atoms with E-state index >= 15 is 0 Å². The Kier molecular flexibility index (Phi) is 5.31. The Bertz CT molecular complexity index is 692. The second-order valence-electron chi connectivity index (χ2n) is 5.32. The minimum atomic E-state index is -0.177. The number of hydrogen-bond donors (Lipinski definition) is 2. The lowest BCUT2D eigenvalue weighted by molar-refractivity contribution is -0.119. The van der Waals surface area contributed by atoms with Gasteiger partial charge in [0.25, 0.3) is 5.91 Å². The SMILES string of the molecule is Cc1ccc(C=NNC(=O)CNc2ccccc2C)c(C)c1. The lowest BCUT2D eigenvalue weighted by atomic mass is 10.1. The maximum Gasteiger partial charge on any atom is 0.259 e. The van der Waals surface area contributed by atoms with Gasteiger partial charge in [-0.05, 0) is 43.5 Å². The van der Waals surface area contributed by atoms with Gasteiger partial charge < -0.3 is 5.32 Å². The van der Waals surface area contributed by atoms with Crippen molar-refractivity contribution < 1.29 is 4.79 Å². The summed E-state index contributed by atoms with van der Waals surface area (Å²) >= 11 is 0. The summed E-state index contributed by atoms with van der Waals surface area (Å²) in [6.45, 7) is 6.26. The summed E-state index contributed by atoms with van der Waals surface area (Å²) < 4.78 is 0. The molecular weight excluding hydrogens is 274 g/mol. The van der Waals surface area contributed by atoms with E-state index in [-0.39, 0.29) is 12.5 Å². The normalized spacial score (nSPS) is 10.7. The van der Waals surface area contributed by atoms with Crippen LogP contribution < -0.4 is 10.7 Å². The molecule has 2 N–H and O–H groups in total. The molecule has 4 heteroatoms. The molecular formula is C18H21N3O. The summed E-state index contributed by atoms with van der Waals surface area (Å²) in [5, 5.41) is 7.10. The standard InChI is InChI=1S/C18H21N3O/c1-13-8-9-16(15(3)10-13)11-20-21-18(22)12-19-17-7-5-4-6-14(17)2/h4-11,19H,12H2,1-3H3,(H,21,22). The van der Waals surface area contributed by atoms with E-state index in [0.29, 0.717) is 0 Å². The van der Waals surface area contributed by atoms with Gasteiger partial charge in [0.15, 0.2) is 0 Å². The van der Waals surface area contributed by atoms with Gasteiger partial charge in [0.05, 0.1) is 12.8 Å². The predicted octanol–water partition coefficient (Wildman–Crippen LogP) is 3.17. The number of nitrogens with zero attached hydrogens (tertiary/aromatic N) is 1. The summed E-state index contributed by atoms with van der Waals surface area (Å²) in [5.41, 5.74) is 7.93. The van der Waals surface area contributed by atoms with Crippen LogP contribution in [0.5, 0.6) is 0 Å². The van der Waals surface area contributed by atoms with Crippen molar-refractivity contribution in [1.29, 1.82) is 0 Å². The highest BCUT2D eigenvalue weighted by Gasteiger charge is 2.01. The second-order valence-corrected chi connectivity index (χ2v) is 5.32. The van der Waals surface area contributed by atoms with Gasteiger partial charge in [-0.1, -0.05) is 42.0 Å². The van der Waals surface area contributed by atoms with Crippen molar-refractivity contribution in [1.82, 2.24) is 5.43 Å². The fraction of sp³-hybridized carbons (Fsp3) is 0.222. The average molecular weight is 295 g/mol. The Labute approximate surface area is 131 Å². The van der Waals surface area contributed by atoms with Crippen LogP contribution >= 0.6 is 0 Å². The number of anilines is 1. The topological polar surface area (TPSA) is 53.5 Å². The third-order valence-electron chi connectivity index (χ3n) is 3.40. The van der Waals surface area contributed by atoms with Crippen LogP contribution in [0.25, 0.3) is 0 Å². The van der Waals surface area contributed by atoms with Gasteiger partial charge >= 0.3 is 0 Å². The Balaban J connectivity index is 1.85. The molecule has 2 aromatic carbocycles. The van der Waals surface area contributed by atoms with Crippen molar-refractivity contribution in [2.45, 2.75) is 20.8 Å². The van der Waals surface area contributed by atoms with Gasteiger partial charge in [0.1, 0.15) is 0 Å². The molecule has 0 fully saturated rings. The average Bonchev–Trinajstić information content (AvgIpc) is 2.49. The molecule has 0 aliphatic carbocycles. The monoisotopic (exact) mass is 295 g/mol. The molecule has 0 saturated carbocycles. The van der Waals surface area contributed by atoms with E-state index in [0.717, 1.165) is 22.4 Å². The van der Waals surface area contributed by atoms with Crippen molar-refractivity contribution in [2.24, 2.45) is 5.10 Å². The Hall–Kier alpha value is -2.62. The lowest BCUT2D eigenvalue weighted by Crippen LogP contribution is -2.26. The number of rotatable bonds is 5. The first kappa shape index (κ1) is 15.8. The number of carbonyl (C=O) groups excluding carboxylic acids is 1. The van der Waals surface area contributed by atoms with Crippen molar-refractivity contribution in [3.8, 4) is 0 Å². The summed E-state index contributed by atoms with van der Waals surface area (Å²) in [6, 6.07) is 13.9. The van der Waals surface area contributed by atoms with E-state index in [1.165, 1.54) is 5.56 Å². The molecule has 2 aromatic rings. The number of nitrogens with one attached hydrogen (secondary N) is 2. The van der Waals surface area contributed by atoms with Crippen LogP contribution in [0.4, 0.5) is 5.69 Å². The van der Waals surface area contributed by atoms with Crippen molar-refractivity contribution in [3.05, 3.63) is 64.7 Å². The second kappa shape index (κ2) is 7.41. The molecule has 22 heavy (non-hydrogen) atoms. The van der Waals surface area contributed by atoms with Crippen LogP contribution in [-0.2, 0) is 4.79 Å². The number of carbonyl (C=O) groups is 1. The van der Waals surface area contributed by atoms with E-state index in [4.69, 9.17) is 0 Å². The summed E-state index contributed by atoms with van der Waals surface area (Å²) in [6.07, 6.45) is 1.67. The molecule has 0 aliphatic heterocycles. The number of benzene rings is 2. The molecule has 0 spiro atoms. The number of amides is 1. The van der Waals surface area contributed by atoms with Gasteiger partial charge in [-0.15, -0.1) is 0 Å². The molecule has 0 saturated heterocycles. The largest absolute Gasteiger partial charge is 0.376 e. The van der Waals surface area contributed by atoms with Gasteiger partial charge in [-0.2, -0.15) is 5.10 Å². The maximum absolute atomic E-state index is 11.8. The van der Waals surface area contributed by atoms with Crippen LogP contribution in [0.2, 0.25) is 0 Å². The van der Waals surface area contributed by atoms with E-state index < -0.39 is 0 Å². The highest BCUT2D eigenvalue weighted by atomic mass is 16.2. The van der Waals surface area contributed by atoms with Crippen molar-refractivity contribution in [2.75, 3.05) is 11.9 Å². The summed E-state index contributed by atoms with van der Waals surface area (Å²) in [4.78, 5) is 11.8. The summed E-state index contributed by atoms with van der Waals surface area (Å²) in [7, 11) is 0. The molecule has 0 bridgehead atoms. The first-order chi connectivity index (χ1) is 10.6. The maximum atomic E-state index is 11.8. The first-order valence-corrected chi connectivity index (χ1v) is 7.25. The third kappa shape index (κ3) is 4.45. The highest BCUT2D eigenvalue weighted by Crippen LogP contribution is 2.12. The summed E-state index contributed by atoms with van der Waals surface area (Å²) in [5.74, 6) is -0.177. The molecule has 1 amide bonds. The molecule has 114 valence electrons. The molecule has 0 aliphatic rings. The van der Waals surface area contributed by atoms with Crippen molar-refractivity contribution in [3.63, 3.8) is 0 Å². The van der Waals surface area contributed by atoms with Crippen LogP contribution in [0.15, 0.2) is 47.6 Å². The van der Waals surface area contributed by atoms with Gasteiger partial charge in [-0.3, -0.25) is 4.79 Å². The van der Waals surface area contributed by atoms with Crippen LogP contribution in [0.1, 0.15) is 22.3 Å². The van der Waals surface area contributed by atoms with E-state index in [1.54, 1.807) is 6.21 Å². The van der Waals surface area contributed by atoms with Gasteiger partial charge in [0.2, 0.25) is 0 Å². The fourth-order valence-corrected chi connectivity index (χ4v) is 2.13. The Morgan fingerprint density at radius 2 is 1.86 bits per heavy atom. The minimum absolute atomic E-state index is 0.177. The van der Waals surface area contributed by atoms with E-state index in [1.807, 2.05) is 57.2 Å². The zero-order chi connectivity index (χ0) is 15.9. The minimum Gasteiger partial charge on any atom is -0.376 e. The zero-order valence-corrected chi connectivity index (χ0v) is 13.2. The van der Waals surface area contributed by atoms with Crippen LogP contribution in [0, 0.1) is 20.8 Å². The van der Waals surface area contributed by atoms with Gasteiger partial charge in [0, 0.05) is 5.69 Å².